The van der Waals surface area contributed by atoms with Crippen LogP contribution in [0.5, 0.6) is 11.5 Å². The van der Waals surface area contributed by atoms with Crippen LogP contribution in [0.3, 0.4) is 0 Å². The van der Waals surface area contributed by atoms with Crippen molar-refractivity contribution in [1.29, 1.82) is 5.26 Å². The number of ether oxygens (including phenoxy) is 3. The number of carbonyl (C=O) groups excluding carboxylic acids is 1. The molecular formula is C27H33N3O5S. The van der Waals surface area contributed by atoms with E-state index in [1.807, 2.05) is 24.3 Å². The van der Waals surface area contributed by atoms with E-state index in [1.165, 1.54) is 0 Å². The van der Waals surface area contributed by atoms with Crippen LogP contribution >= 0.6 is 11.3 Å². The molecule has 0 bridgehead atoms. The Balaban J connectivity index is 1.31. The number of allylic oxidation sites excluding steroid dienone is 1. The molecule has 2 fully saturated rings. The Morgan fingerprint density at radius 2 is 1.81 bits per heavy atom. The molecular weight excluding hydrogens is 478 g/mol. The molecule has 0 saturated carbocycles. The number of methoxy groups -OCH3 is 2. The fourth-order valence-electron chi connectivity index (χ4n) is 4.59. The average molecular weight is 512 g/mol. The molecule has 0 aliphatic carbocycles. The number of rotatable bonds is 8. The van der Waals surface area contributed by atoms with Crippen molar-refractivity contribution in [1.82, 2.24) is 4.90 Å². The minimum absolute atomic E-state index is 0.0568. The van der Waals surface area contributed by atoms with Gasteiger partial charge in [-0.05, 0) is 54.8 Å². The number of benzene rings is 1. The summed E-state index contributed by atoms with van der Waals surface area (Å²) < 4.78 is 16.4. The minimum Gasteiger partial charge on any atom is -0.493 e. The normalized spacial score (nSPS) is 18.1. The number of likely N-dealkylation sites (tertiary alicyclic amines) is 1. The molecule has 2 aliphatic heterocycles. The molecule has 192 valence electrons. The highest BCUT2D eigenvalue weighted by molar-refractivity contribution is 7.17. The molecule has 0 atom stereocenters. The number of hydrogen-bond donors (Lipinski definition) is 1. The molecule has 1 aromatic carbocycles. The topological polar surface area (TPSA) is 95.3 Å². The van der Waals surface area contributed by atoms with Gasteiger partial charge in [-0.2, -0.15) is 5.26 Å². The van der Waals surface area contributed by atoms with E-state index >= 15 is 0 Å². The van der Waals surface area contributed by atoms with Crippen LogP contribution in [0.2, 0.25) is 0 Å². The maximum atomic E-state index is 12.4. The van der Waals surface area contributed by atoms with Crippen LogP contribution in [0.15, 0.2) is 30.3 Å². The van der Waals surface area contributed by atoms with Gasteiger partial charge in [-0.25, -0.2) is 0 Å². The molecule has 3 heterocycles. The Hall–Kier alpha value is -3.06. The smallest absolute Gasteiger partial charge is 0.320 e. The number of nitrogens with zero attached hydrogens (tertiary/aromatic N) is 3. The van der Waals surface area contributed by atoms with Gasteiger partial charge in [0.05, 0.1) is 43.5 Å². The second-order valence-corrected chi connectivity index (χ2v) is 10.2. The van der Waals surface area contributed by atoms with Gasteiger partial charge in [0.15, 0.2) is 11.5 Å². The summed E-state index contributed by atoms with van der Waals surface area (Å²) >= 11 is 1.64. The van der Waals surface area contributed by atoms with E-state index in [4.69, 9.17) is 14.2 Å². The second kappa shape index (κ2) is 12.3. The van der Waals surface area contributed by atoms with Crippen molar-refractivity contribution in [2.75, 3.05) is 51.8 Å². The zero-order chi connectivity index (χ0) is 25.5. The predicted octanol–water partition coefficient (Wildman–Crippen LogP) is 3.80. The molecule has 2 aromatic rings. The van der Waals surface area contributed by atoms with Crippen LogP contribution < -0.4 is 14.4 Å². The van der Waals surface area contributed by atoms with Crippen LogP contribution in [0.25, 0.3) is 11.6 Å². The molecule has 0 spiro atoms. The fourth-order valence-corrected chi connectivity index (χ4v) is 5.60. The Kier molecular flexibility index (Phi) is 8.86. The van der Waals surface area contributed by atoms with Gasteiger partial charge in [0, 0.05) is 43.9 Å². The Morgan fingerprint density at radius 3 is 2.47 bits per heavy atom. The van der Waals surface area contributed by atoms with E-state index in [-0.39, 0.29) is 18.2 Å². The standard InChI is InChI=1S/C27H33N3O5S/c1-33-24-5-3-19(16-25(24)34-2)20(17-28)15-23-4-6-26(36-23)30-13-9-22(10-14-30)35-27(32)18-29-11-7-21(31)8-12-29/h3-6,15-16,21-22,31H,7-14,18H2,1-2H3. The third-order valence-corrected chi connectivity index (χ3v) is 7.77. The summed E-state index contributed by atoms with van der Waals surface area (Å²) in [5, 5.41) is 20.5. The monoisotopic (exact) mass is 511 g/mol. The molecule has 0 unspecified atom stereocenters. The first-order valence-corrected chi connectivity index (χ1v) is 13.1. The number of aliphatic hydroxyl groups is 1. The number of thiophene rings is 1. The summed E-state index contributed by atoms with van der Waals surface area (Å²) in [5.41, 5.74) is 1.33. The average Bonchev–Trinajstić information content (AvgIpc) is 3.37. The molecule has 0 amide bonds. The van der Waals surface area contributed by atoms with Gasteiger partial charge in [0.25, 0.3) is 0 Å². The lowest BCUT2D eigenvalue weighted by atomic mass is 10.1. The Morgan fingerprint density at radius 1 is 1.08 bits per heavy atom. The summed E-state index contributed by atoms with van der Waals surface area (Å²) in [7, 11) is 3.16. The number of anilines is 1. The second-order valence-electron chi connectivity index (χ2n) is 9.10. The number of aliphatic hydroxyl groups excluding tert-OH is 1. The highest BCUT2D eigenvalue weighted by atomic mass is 32.1. The van der Waals surface area contributed by atoms with Gasteiger partial charge in [-0.1, -0.05) is 0 Å². The highest BCUT2D eigenvalue weighted by Gasteiger charge is 2.25. The first-order chi connectivity index (χ1) is 17.5. The largest absolute Gasteiger partial charge is 0.493 e. The molecule has 2 saturated heterocycles. The van der Waals surface area contributed by atoms with Crippen molar-refractivity contribution in [2.45, 2.75) is 37.9 Å². The summed E-state index contributed by atoms with van der Waals surface area (Å²) in [5.74, 6) is 1.03. The lowest BCUT2D eigenvalue weighted by Crippen LogP contribution is -2.42. The van der Waals surface area contributed by atoms with Crippen LogP contribution in [0.1, 0.15) is 36.1 Å². The first kappa shape index (κ1) is 26.0. The van der Waals surface area contributed by atoms with Crippen LogP contribution in [0.4, 0.5) is 5.00 Å². The van der Waals surface area contributed by atoms with Gasteiger partial charge >= 0.3 is 5.97 Å². The zero-order valence-electron chi connectivity index (χ0n) is 20.8. The summed E-state index contributed by atoms with van der Waals surface area (Å²) in [4.78, 5) is 17.7. The van der Waals surface area contributed by atoms with Gasteiger partial charge in [-0.3, -0.25) is 9.69 Å². The molecule has 8 nitrogen and oxygen atoms in total. The third kappa shape index (κ3) is 6.58. The van der Waals surface area contributed by atoms with E-state index in [9.17, 15) is 15.2 Å². The third-order valence-electron chi connectivity index (χ3n) is 6.68. The van der Waals surface area contributed by atoms with E-state index in [1.54, 1.807) is 31.6 Å². The Bertz CT molecular complexity index is 1110. The van der Waals surface area contributed by atoms with E-state index in [2.05, 4.69) is 21.9 Å². The number of carbonyl (C=O) groups is 1. The quantitative estimate of drug-likeness (QED) is 0.423. The predicted molar refractivity (Wildman–Crippen MR) is 140 cm³/mol. The number of nitriles is 1. The highest BCUT2D eigenvalue weighted by Crippen LogP contribution is 2.34. The lowest BCUT2D eigenvalue weighted by Gasteiger charge is -2.33. The van der Waals surface area contributed by atoms with Crippen molar-refractivity contribution in [2.24, 2.45) is 0 Å². The summed E-state index contributed by atoms with van der Waals surface area (Å²) in [6.07, 6.45) is 4.61. The van der Waals surface area contributed by atoms with Crippen LogP contribution in [-0.2, 0) is 9.53 Å². The molecule has 2 aliphatic rings. The molecule has 4 rings (SSSR count). The van der Waals surface area contributed by atoms with Crippen molar-refractivity contribution in [3.05, 3.63) is 40.8 Å². The van der Waals surface area contributed by atoms with Crippen molar-refractivity contribution in [3.63, 3.8) is 0 Å². The molecule has 9 heteroatoms. The minimum atomic E-state index is -0.243. The van der Waals surface area contributed by atoms with E-state index in [0.717, 1.165) is 54.5 Å². The SMILES string of the molecule is COc1ccc(C(C#N)=Cc2ccc(N3CCC(OC(=O)CN4CCC(O)CC4)CC3)s2)cc1OC. The maximum Gasteiger partial charge on any atom is 0.320 e. The summed E-state index contributed by atoms with van der Waals surface area (Å²) in [6, 6.07) is 11.9. The molecule has 1 N–H and O–H groups in total. The van der Waals surface area contributed by atoms with Crippen molar-refractivity contribution in [3.8, 4) is 17.6 Å². The van der Waals surface area contributed by atoms with E-state index < -0.39 is 0 Å². The summed E-state index contributed by atoms with van der Waals surface area (Å²) in [6.45, 7) is 3.41. The zero-order valence-corrected chi connectivity index (χ0v) is 21.6. The molecule has 1 aromatic heterocycles. The molecule has 36 heavy (non-hydrogen) atoms. The Labute approximate surface area is 216 Å². The van der Waals surface area contributed by atoms with Crippen LogP contribution in [0, 0.1) is 11.3 Å². The number of hydrogen-bond acceptors (Lipinski definition) is 9. The van der Waals surface area contributed by atoms with Crippen LogP contribution in [-0.4, -0.2) is 75.1 Å². The molecule has 0 radical (unpaired) electrons. The fraction of sp³-hybridized carbons (Fsp3) is 0.481. The first-order valence-electron chi connectivity index (χ1n) is 12.3. The number of esters is 1. The van der Waals surface area contributed by atoms with Crippen molar-refractivity contribution < 1.29 is 24.1 Å². The van der Waals surface area contributed by atoms with Gasteiger partial charge in [0.2, 0.25) is 0 Å². The van der Waals surface area contributed by atoms with Gasteiger partial charge < -0.3 is 24.2 Å². The number of piperidine rings is 2. The lowest BCUT2D eigenvalue weighted by molar-refractivity contribution is -0.151. The van der Waals surface area contributed by atoms with E-state index in [0.29, 0.717) is 36.5 Å². The van der Waals surface area contributed by atoms with Crippen molar-refractivity contribution >= 4 is 34.0 Å². The van der Waals surface area contributed by atoms with Gasteiger partial charge in [0.1, 0.15) is 6.10 Å². The maximum absolute atomic E-state index is 12.4. The van der Waals surface area contributed by atoms with Gasteiger partial charge in [-0.15, -0.1) is 11.3 Å².